The van der Waals surface area contributed by atoms with Gasteiger partial charge in [-0.15, -0.1) is 0 Å². The zero-order chi connectivity index (χ0) is 16.3. The van der Waals surface area contributed by atoms with Crippen LogP contribution in [0.2, 0.25) is 0 Å². The molecule has 23 heavy (non-hydrogen) atoms. The highest BCUT2D eigenvalue weighted by molar-refractivity contribution is 5.88. The van der Waals surface area contributed by atoms with Gasteiger partial charge in [0, 0.05) is 19.5 Å². The van der Waals surface area contributed by atoms with Gasteiger partial charge in [-0.25, -0.2) is 0 Å². The molecule has 2 aliphatic heterocycles. The van der Waals surface area contributed by atoms with E-state index in [1.807, 2.05) is 6.07 Å². The van der Waals surface area contributed by atoms with Crippen molar-refractivity contribution in [2.75, 3.05) is 19.6 Å². The van der Waals surface area contributed by atoms with Crippen molar-refractivity contribution in [2.45, 2.75) is 37.6 Å². The zero-order valence-electron chi connectivity index (χ0n) is 13.3. The first kappa shape index (κ1) is 16.0. The van der Waals surface area contributed by atoms with Crippen molar-refractivity contribution in [3.63, 3.8) is 0 Å². The van der Waals surface area contributed by atoms with Gasteiger partial charge in [0.05, 0.1) is 11.5 Å². The molecule has 0 aliphatic carbocycles. The maximum Gasteiger partial charge on any atom is 0.309 e. The molecule has 2 saturated heterocycles. The van der Waals surface area contributed by atoms with E-state index < -0.39 is 17.4 Å². The summed E-state index contributed by atoms with van der Waals surface area (Å²) in [5.41, 5.74) is 0.841. The predicted octanol–water partition coefficient (Wildman–Crippen LogP) is 1.67. The molecule has 3 rings (SSSR count). The number of carbonyl (C=O) groups excluding carboxylic acids is 1. The summed E-state index contributed by atoms with van der Waals surface area (Å²) < 4.78 is 0. The number of likely N-dealkylation sites (tertiary alicyclic amines) is 1. The van der Waals surface area contributed by atoms with Crippen LogP contribution in [0.1, 0.15) is 31.2 Å². The van der Waals surface area contributed by atoms with Crippen LogP contribution in [0.25, 0.3) is 0 Å². The molecule has 0 aromatic heterocycles. The number of carbonyl (C=O) groups is 2. The second-order valence-electron chi connectivity index (χ2n) is 6.73. The summed E-state index contributed by atoms with van der Waals surface area (Å²) in [4.78, 5) is 25.5. The van der Waals surface area contributed by atoms with Gasteiger partial charge < -0.3 is 15.3 Å². The Kier molecular flexibility index (Phi) is 4.66. The smallest absolute Gasteiger partial charge is 0.309 e. The molecular formula is C18H24N2O3. The molecular weight excluding hydrogens is 292 g/mol. The van der Waals surface area contributed by atoms with Crippen molar-refractivity contribution in [1.82, 2.24) is 10.2 Å². The van der Waals surface area contributed by atoms with E-state index in [9.17, 15) is 14.7 Å². The minimum atomic E-state index is -0.846. The van der Waals surface area contributed by atoms with E-state index >= 15 is 0 Å². The molecule has 2 aliphatic rings. The van der Waals surface area contributed by atoms with Crippen molar-refractivity contribution in [3.8, 4) is 0 Å². The molecule has 0 radical (unpaired) electrons. The topological polar surface area (TPSA) is 69.6 Å². The Hall–Kier alpha value is -1.88. The molecule has 124 valence electrons. The highest BCUT2D eigenvalue weighted by Gasteiger charge is 2.51. The van der Waals surface area contributed by atoms with Crippen molar-refractivity contribution in [1.29, 1.82) is 0 Å². The molecule has 2 fully saturated rings. The fourth-order valence-electron chi connectivity index (χ4n) is 3.92. The standard InChI is InChI=1S/C18H24N2O3/c21-16-13-15(17(22)23)18(19-16)8-11-20(12-9-18)10-4-7-14-5-2-1-3-6-14/h1-3,5-6,15H,4,7-13H2,(H,19,21)(H,22,23)/t15-/m0/s1. The lowest BCUT2D eigenvalue weighted by Gasteiger charge is -2.41. The van der Waals surface area contributed by atoms with Crippen LogP contribution >= 0.6 is 0 Å². The lowest BCUT2D eigenvalue weighted by atomic mass is 9.77. The van der Waals surface area contributed by atoms with E-state index in [0.29, 0.717) is 0 Å². The van der Waals surface area contributed by atoms with Gasteiger partial charge >= 0.3 is 5.97 Å². The molecule has 1 aromatic rings. The Morgan fingerprint density at radius 3 is 2.61 bits per heavy atom. The van der Waals surface area contributed by atoms with Gasteiger partial charge in [-0.3, -0.25) is 9.59 Å². The molecule has 5 heteroatoms. The average molecular weight is 316 g/mol. The number of rotatable bonds is 5. The molecule has 1 aromatic carbocycles. The molecule has 1 atom stereocenters. The number of carboxylic acids is 1. The number of aliphatic carboxylic acids is 1. The number of benzene rings is 1. The summed E-state index contributed by atoms with van der Waals surface area (Å²) in [6, 6.07) is 10.5. The molecule has 2 heterocycles. The van der Waals surface area contributed by atoms with Crippen molar-refractivity contribution in [3.05, 3.63) is 35.9 Å². The summed E-state index contributed by atoms with van der Waals surface area (Å²) >= 11 is 0. The number of nitrogens with zero attached hydrogens (tertiary/aromatic N) is 1. The van der Waals surface area contributed by atoms with Crippen LogP contribution in [0.4, 0.5) is 0 Å². The van der Waals surface area contributed by atoms with Crippen molar-refractivity contribution < 1.29 is 14.7 Å². The second-order valence-corrected chi connectivity index (χ2v) is 6.73. The summed E-state index contributed by atoms with van der Waals surface area (Å²) in [6.07, 6.45) is 3.77. The van der Waals surface area contributed by atoms with E-state index in [2.05, 4.69) is 34.5 Å². The molecule has 5 nitrogen and oxygen atoms in total. The lowest BCUT2D eigenvalue weighted by molar-refractivity contribution is -0.144. The fourth-order valence-corrected chi connectivity index (χ4v) is 3.92. The third-order valence-corrected chi connectivity index (χ3v) is 5.27. The van der Waals surface area contributed by atoms with E-state index in [1.54, 1.807) is 0 Å². The number of carboxylic acid groups (broad SMARTS) is 1. The van der Waals surface area contributed by atoms with Crippen LogP contribution in [0.15, 0.2) is 30.3 Å². The van der Waals surface area contributed by atoms with Crippen LogP contribution in [-0.4, -0.2) is 47.1 Å². The van der Waals surface area contributed by atoms with Gasteiger partial charge in [0.15, 0.2) is 0 Å². The summed E-state index contributed by atoms with van der Waals surface area (Å²) in [7, 11) is 0. The van der Waals surface area contributed by atoms with E-state index in [0.717, 1.165) is 45.3 Å². The van der Waals surface area contributed by atoms with Gasteiger partial charge in [-0.1, -0.05) is 30.3 Å². The highest BCUT2D eigenvalue weighted by Crippen LogP contribution is 2.36. The largest absolute Gasteiger partial charge is 0.481 e. The average Bonchev–Trinajstić information content (AvgIpc) is 2.87. The maximum atomic E-state index is 11.7. The first-order chi connectivity index (χ1) is 11.1. The summed E-state index contributed by atoms with van der Waals surface area (Å²) in [5.74, 6) is -1.53. The first-order valence-electron chi connectivity index (χ1n) is 8.39. The van der Waals surface area contributed by atoms with Crippen LogP contribution in [0, 0.1) is 5.92 Å². The molecule has 0 bridgehead atoms. The van der Waals surface area contributed by atoms with Gasteiger partial charge in [0.2, 0.25) is 5.91 Å². The Balaban J connectivity index is 1.48. The number of amides is 1. The Morgan fingerprint density at radius 1 is 1.26 bits per heavy atom. The summed E-state index contributed by atoms with van der Waals surface area (Å²) in [6.45, 7) is 2.74. The van der Waals surface area contributed by atoms with Crippen LogP contribution in [0.3, 0.4) is 0 Å². The minimum absolute atomic E-state index is 0.116. The Morgan fingerprint density at radius 2 is 1.96 bits per heavy atom. The third-order valence-electron chi connectivity index (χ3n) is 5.27. The molecule has 0 saturated carbocycles. The lowest BCUT2D eigenvalue weighted by Crippen LogP contribution is -2.55. The number of hydrogen-bond donors (Lipinski definition) is 2. The minimum Gasteiger partial charge on any atom is -0.481 e. The van der Waals surface area contributed by atoms with E-state index in [4.69, 9.17) is 0 Å². The van der Waals surface area contributed by atoms with Gasteiger partial charge in [0.1, 0.15) is 0 Å². The predicted molar refractivity (Wildman–Crippen MR) is 87.1 cm³/mol. The first-order valence-corrected chi connectivity index (χ1v) is 8.39. The van der Waals surface area contributed by atoms with Gasteiger partial charge in [-0.2, -0.15) is 0 Å². The van der Waals surface area contributed by atoms with Gasteiger partial charge in [0.25, 0.3) is 0 Å². The van der Waals surface area contributed by atoms with Crippen LogP contribution in [-0.2, 0) is 16.0 Å². The van der Waals surface area contributed by atoms with Crippen LogP contribution in [0.5, 0.6) is 0 Å². The monoisotopic (exact) mass is 316 g/mol. The van der Waals surface area contributed by atoms with Crippen molar-refractivity contribution >= 4 is 11.9 Å². The van der Waals surface area contributed by atoms with Gasteiger partial charge in [-0.05, 0) is 37.8 Å². The Bertz CT molecular complexity index is 565. The maximum absolute atomic E-state index is 11.7. The van der Waals surface area contributed by atoms with E-state index in [-0.39, 0.29) is 12.3 Å². The number of aryl methyl sites for hydroxylation is 1. The number of hydrogen-bond acceptors (Lipinski definition) is 3. The Labute approximate surface area is 136 Å². The zero-order valence-corrected chi connectivity index (χ0v) is 13.3. The van der Waals surface area contributed by atoms with E-state index in [1.165, 1.54) is 5.56 Å². The SMILES string of the molecule is O=C1C[C@@H](C(=O)O)C2(CCN(CCCc3ccccc3)CC2)N1. The molecule has 1 amide bonds. The summed E-state index contributed by atoms with van der Waals surface area (Å²) in [5, 5.41) is 12.3. The fraction of sp³-hybridized carbons (Fsp3) is 0.556. The number of piperidine rings is 1. The second kappa shape index (κ2) is 6.71. The molecule has 2 N–H and O–H groups in total. The molecule has 1 spiro atoms. The normalized spacial score (nSPS) is 23.8. The number of nitrogens with one attached hydrogen (secondary N) is 1. The third kappa shape index (κ3) is 3.55. The quantitative estimate of drug-likeness (QED) is 0.867. The van der Waals surface area contributed by atoms with Crippen LogP contribution < -0.4 is 5.32 Å². The molecule has 0 unspecified atom stereocenters. The highest BCUT2D eigenvalue weighted by atomic mass is 16.4. The van der Waals surface area contributed by atoms with Crippen molar-refractivity contribution in [2.24, 2.45) is 5.92 Å².